The second-order valence-electron chi connectivity index (χ2n) is 8.21. The molecule has 38 heavy (non-hydrogen) atoms. The molecule has 4 aromatic rings. The Morgan fingerprint density at radius 1 is 0.658 bits per heavy atom. The van der Waals surface area contributed by atoms with Crippen molar-refractivity contribution in [3.05, 3.63) is 147 Å². The van der Waals surface area contributed by atoms with Gasteiger partial charge in [0.05, 0.1) is 0 Å². The number of amides is 2. The lowest BCUT2D eigenvalue weighted by molar-refractivity contribution is -0.113. The van der Waals surface area contributed by atoms with Crippen LogP contribution in [0.15, 0.2) is 115 Å². The molecule has 0 radical (unpaired) electrons. The van der Waals surface area contributed by atoms with E-state index in [-0.39, 0.29) is 11.5 Å². The highest BCUT2D eigenvalue weighted by Crippen LogP contribution is 2.17. The first kappa shape index (κ1) is 26.6. The van der Waals surface area contributed by atoms with E-state index in [0.717, 1.165) is 5.56 Å². The van der Waals surface area contributed by atoms with Crippen LogP contribution in [0.25, 0.3) is 12.2 Å². The van der Waals surface area contributed by atoms with Gasteiger partial charge in [0.25, 0.3) is 11.8 Å². The van der Waals surface area contributed by atoms with Crippen LogP contribution in [0.3, 0.4) is 0 Å². The molecule has 0 bridgehead atoms. The molecule has 0 heterocycles. The number of allylic oxidation sites excluding steroid dienone is 1. The first-order chi connectivity index (χ1) is 18.4. The SMILES string of the molecule is O=C(Nc1ccc(C(=O)/C=C/c2ccc(Cl)cc2)cc1)/C(=C/c1cccc(Cl)c1)NC(=O)c1ccccc1. The zero-order valence-electron chi connectivity index (χ0n) is 20.0. The van der Waals surface area contributed by atoms with Crippen LogP contribution in [0.2, 0.25) is 10.0 Å². The summed E-state index contributed by atoms with van der Waals surface area (Å²) in [6.07, 6.45) is 4.72. The smallest absolute Gasteiger partial charge is 0.272 e. The fourth-order valence-corrected chi connectivity index (χ4v) is 3.79. The molecule has 0 saturated carbocycles. The van der Waals surface area contributed by atoms with Gasteiger partial charge in [-0.3, -0.25) is 14.4 Å². The van der Waals surface area contributed by atoms with Gasteiger partial charge in [0.2, 0.25) is 0 Å². The Bertz CT molecular complexity index is 1510. The lowest BCUT2D eigenvalue weighted by atomic mass is 10.1. The van der Waals surface area contributed by atoms with Gasteiger partial charge in [-0.1, -0.05) is 71.7 Å². The minimum absolute atomic E-state index is 0.0344. The van der Waals surface area contributed by atoms with Crippen LogP contribution in [0.4, 0.5) is 5.69 Å². The second kappa shape index (κ2) is 12.7. The van der Waals surface area contributed by atoms with E-state index < -0.39 is 11.8 Å². The molecule has 2 N–H and O–H groups in total. The Balaban J connectivity index is 1.49. The fraction of sp³-hybridized carbons (Fsp3) is 0. The highest BCUT2D eigenvalue weighted by atomic mass is 35.5. The molecule has 0 unspecified atom stereocenters. The molecule has 4 rings (SSSR count). The van der Waals surface area contributed by atoms with E-state index in [2.05, 4.69) is 10.6 Å². The van der Waals surface area contributed by atoms with Gasteiger partial charge in [-0.05, 0) is 83.9 Å². The Hall–Kier alpha value is -4.45. The van der Waals surface area contributed by atoms with E-state index in [1.807, 2.05) is 12.1 Å². The van der Waals surface area contributed by atoms with Crippen molar-refractivity contribution in [3.8, 4) is 0 Å². The van der Waals surface area contributed by atoms with E-state index in [4.69, 9.17) is 23.2 Å². The maximum Gasteiger partial charge on any atom is 0.272 e. The molecule has 5 nitrogen and oxygen atoms in total. The number of nitrogens with one attached hydrogen (secondary N) is 2. The molecule has 0 atom stereocenters. The van der Waals surface area contributed by atoms with Crippen molar-refractivity contribution in [2.45, 2.75) is 0 Å². The number of anilines is 1. The molecule has 0 aliphatic heterocycles. The van der Waals surface area contributed by atoms with Gasteiger partial charge in [0, 0.05) is 26.9 Å². The second-order valence-corrected chi connectivity index (χ2v) is 9.09. The molecule has 0 saturated heterocycles. The van der Waals surface area contributed by atoms with Crippen LogP contribution in [0.5, 0.6) is 0 Å². The van der Waals surface area contributed by atoms with Crippen molar-refractivity contribution >= 4 is 58.6 Å². The molecule has 0 aliphatic rings. The highest BCUT2D eigenvalue weighted by Gasteiger charge is 2.15. The first-order valence-electron chi connectivity index (χ1n) is 11.6. The summed E-state index contributed by atoms with van der Waals surface area (Å²) < 4.78 is 0. The third kappa shape index (κ3) is 7.53. The van der Waals surface area contributed by atoms with Crippen LogP contribution in [0.1, 0.15) is 31.8 Å². The molecule has 0 fully saturated rings. The summed E-state index contributed by atoms with van der Waals surface area (Å²) in [5, 5.41) is 6.57. The molecule has 7 heteroatoms. The largest absolute Gasteiger partial charge is 0.321 e. The van der Waals surface area contributed by atoms with Gasteiger partial charge < -0.3 is 10.6 Å². The minimum Gasteiger partial charge on any atom is -0.321 e. The third-order valence-electron chi connectivity index (χ3n) is 5.41. The Kier molecular flexibility index (Phi) is 8.88. The monoisotopic (exact) mass is 540 g/mol. The van der Waals surface area contributed by atoms with Crippen LogP contribution in [-0.4, -0.2) is 17.6 Å². The minimum atomic E-state index is -0.532. The third-order valence-corrected chi connectivity index (χ3v) is 5.90. The Labute approximate surface area is 230 Å². The van der Waals surface area contributed by atoms with E-state index in [0.29, 0.717) is 32.4 Å². The maximum absolute atomic E-state index is 13.2. The fourth-order valence-electron chi connectivity index (χ4n) is 3.46. The van der Waals surface area contributed by atoms with E-state index >= 15 is 0 Å². The standard InChI is InChI=1S/C31H22Cl2N2O3/c32-25-14-9-21(10-15-25)11-18-29(36)23-12-16-27(17-13-23)34-31(38)28(20-22-5-4-8-26(33)19-22)35-30(37)24-6-2-1-3-7-24/h1-20H,(H,34,38)(H,35,37)/b18-11+,28-20-. The van der Waals surface area contributed by atoms with Crippen molar-refractivity contribution in [2.75, 3.05) is 5.32 Å². The lowest BCUT2D eigenvalue weighted by Gasteiger charge is -2.12. The zero-order chi connectivity index (χ0) is 26.9. The number of carbonyl (C=O) groups excluding carboxylic acids is 3. The molecule has 188 valence electrons. The highest BCUT2D eigenvalue weighted by molar-refractivity contribution is 6.31. The predicted molar refractivity (Wildman–Crippen MR) is 153 cm³/mol. The average molecular weight is 541 g/mol. The maximum atomic E-state index is 13.2. The van der Waals surface area contributed by atoms with E-state index in [1.165, 1.54) is 6.08 Å². The van der Waals surface area contributed by atoms with Crippen molar-refractivity contribution in [1.29, 1.82) is 0 Å². The molecular formula is C31H22Cl2N2O3. The van der Waals surface area contributed by atoms with Crippen molar-refractivity contribution in [1.82, 2.24) is 5.32 Å². The summed E-state index contributed by atoms with van der Waals surface area (Å²) in [7, 11) is 0. The summed E-state index contributed by atoms with van der Waals surface area (Å²) >= 11 is 12.0. The van der Waals surface area contributed by atoms with E-state index in [1.54, 1.807) is 103 Å². The number of hydrogen-bond donors (Lipinski definition) is 2. The first-order valence-corrected chi connectivity index (χ1v) is 12.4. The molecule has 0 spiro atoms. The van der Waals surface area contributed by atoms with E-state index in [9.17, 15) is 14.4 Å². The Morgan fingerprint density at radius 3 is 2.05 bits per heavy atom. The van der Waals surface area contributed by atoms with Gasteiger partial charge in [-0.25, -0.2) is 0 Å². The van der Waals surface area contributed by atoms with Crippen molar-refractivity contribution in [2.24, 2.45) is 0 Å². The molecular weight excluding hydrogens is 519 g/mol. The number of hydrogen-bond acceptors (Lipinski definition) is 3. The van der Waals surface area contributed by atoms with Gasteiger partial charge in [-0.2, -0.15) is 0 Å². The van der Waals surface area contributed by atoms with Crippen LogP contribution < -0.4 is 10.6 Å². The molecule has 2 amide bonds. The molecule has 0 aromatic heterocycles. The van der Waals surface area contributed by atoms with Crippen molar-refractivity contribution in [3.63, 3.8) is 0 Å². The van der Waals surface area contributed by atoms with Gasteiger partial charge in [-0.15, -0.1) is 0 Å². The number of ketones is 1. The van der Waals surface area contributed by atoms with Crippen LogP contribution in [0, 0.1) is 0 Å². The number of carbonyl (C=O) groups is 3. The summed E-state index contributed by atoms with van der Waals surface area (Å²) in [6.45, 7) is 0. The van der Waals surface area contributed by atoms with Gasteiger partial charge in [0.15, 0.2) is 5.78 Å². The summed E-state index contributed by atoms with van der Waals surface area (Å²) in [4.78, 5) is 38.5. The molecule has 0 aliphatic carbocycles. The van der Waals surface area contributed by atoms with Crippen LogP contribution >= 0.6 is 23.2 Å². The molecule has 4 aromatic carbocycles. The number of benzene rings is 4. The lowest BCUT2D eigenvalue weighted by Crippen LogP contribution is -2.30. The number of rotatable bonds is 8. The summed E-state index contributed by atoms with van der Waals surface area (Å²) in [5.74, 6) is -1.15. The quantitative estimate of drug-likeness (QED) is 0.182. The zero-order valence-corrected chi connectivity index (χ0v) is 21.5. The summed E-state index contributed by atoms with van der Waals surface area (Å²) in [6, 6.07) is 29.1. The van der Waals surface area contributed by atoms with Crippen molar-refractivity contribution < 1.29 is 14.4 Å². The summed E-state index contributed by atoms with van der Waals surface area (Å²) in [5.41, 5.74) is 2.85. The topological polar surface area (TPSA) is 75.3 Å². The number of halogens is 2. The Morgan fingerprint density at radius 2 is 1.37 bits per heavy atom. The van der Waals surface area contributed by atoms with Crippen LogP contribution in [-0.2, 0) is 4.79 Å². The van der Waals surface area contributed by atoms with Gasteiger partial charge >= 0.3 is 0 Å². The predicted octanol–water partition coefficient (Wildman–Crippen LogP) is 7.30. The average Bonchev–Trinajstić information content (AvgIpc) is 2.93. The van der Waals surface area contributed by atoms with Gasteiger partial charge in [0.1, 0.15) is 5.70 Å². The normalized spacial score (nSPS) is 11.3.